The molecule has 1 aromatic carbocycles. The molecule has 3 heterocycles. The number of H-pyrrole nitrogens is 1. The van der Waals surface area contributed by atoms with Crippen LogP contribution in [0, 0.1) is 0 Å². The number of piperazine rings is 1. The van der Waals surface area contributed by atoms with Gasteiger partial charge in [0.2, 0.25) is 11.9 Å². The number of nitrogens with one attached hydrogen (secondary N) is 1. The number of amides is 1. The number of benzene rings is 1. The molecule has 0 radical (unpaired) electrons. The molecule has 0 unspecified atom stereocenters. The molecule has 10 nitrogen and oxygen atoms in total. The number of carbonyl (C=O) groups is 1. The van der Waals surface area contributed by atoms with Gasteiger partial charge in [0.05, 0.1) is 23.8 Å². The number of rotatable bonds is 7. The average molecular weight is 491 g/mol. The number of hydrogen-bond donors (Lipinski definition) is 1. The summed E-state index contributed by atoms with van der Waals surface area (Å²) in [7, 11) is 1.86. The van der Waals surface area contributed by atoms with Crippen LogP contribution in [0.2, 0.25) is 0 Å². The molecule has 1 aliphatic rings. The van der Waals surface area contributed by atoms with Crippen LogP contribution in [-0.4, -0.2) is 84.0 Å². The molecule has 2 aromatic heterocycles. The van der Waals surface area contributed by atoms with E-state index in [2.05, 4.69) is 20.2 Å². The van der Waals surface area contributed by atoms with Gasteiger partial charge >= 0.3 is 6.18 Å². The van der Waals surface area contributed by atoms with Crippen LogP contribution in [-0.2, 0) is 15.7 Å². The Balaban J connectivity index is 1.22. The number of aromatic amines is 1. The van der Waals surface area contributed by atoms with Crippen molar-refractivity contribution in [3.8, 4) is 0 Å². The normalized spacial score (nSPS) is 14.4. The molecule has 0 saturated carbocycles. The number of fused-ring (bicyclic) bond motifs is 1. The highest BCUT2D eigenvalue weighted by Gasteiger charge is 2.32. The van der Waals surface area contributed by atoms with E-state index in [-0.39, 0.29) is 24.0 Å². The van der Waals surface area contributed by atoms with Gasteiger partial charge in [-0.1, -0.05) is 6.07 Å². The molecule has 0 spiro atoms. The molecule has 1 aliphatic heterocycles. The molecule has 1 fully saturated rings. The van der Waals surface area contributed by atoms with Crippen LogP contribution in [0.5, 0.6) is 0 Å². The van der Waals surface area contributed by atoms with Crippen LogP contribution in [0.25, 0.3) is 10.8 Å². The van der Waals surface area contributed by atoms with E-state index in [1.165, 1.54) is 0 Å². The van der Waals surface area contributed by atoms with E-state index < -0.39 is 11.7 Å². The molecular weight excluding hydrogens is 467 g/mol. The zero-order valence-corrected chi connectivity index (χ0v) is 19.0. The lowest BCUT2D eigenvalue weighted by atomic mass is 10.1. The number of ether oxygens (including phenoxy) is 1. The highest BCUT2D eigenvalue weighted by atomic mass is 19.4. The summed E-state index contributed by atoms with van der Waals surface area (Å²) in [4.78, 5) is 37.3. The van der Waals surface area contributed by atoms with Crippen molar-refractivity contribution in [2.45, 2.75) is 6.18 Å². The van der Waals surface area contributed by atoms with Gasteiger partial charge in [0.1, 0.15) is 6.61 Å². The summed E-state index contributed by atoms with van der Waals surface area (Å²) < 4.78 is 43.6. The van der Waals surface area contributed by atoms with Crippen molar-refractivity contribution in [2.75, 3.05) is 62.8 Å². The highest BCUT2D eigenvalue weighted by molar-refractivity contribution is 5.92. The number of likely N-dealkylation sites (N-methyl/N-ethyl adjacent to an activating group) is 1. The molecule has 0 bridgehead atoms. The van der Waals surface area contributed by atoms with Crippen molar-refractivity contribution in [1.29, 1.82) is 0 Å². The number of alkyl halides is 3. The zero-order valence-electron chi connectivity index (χ0n) is 19.0. The van der Waals surface area contributed by atoms with E-state index in [4.69, 9.17) is 4.74 Å². The minimum atomic E-state index is -4.48. The molecule has 186 valence electrons. The van der Waals surface area contributed by atoms with Crippen molar-refractivity contribution >= 4 is 28.3 Å². The number of hydrogen-bond acceptors (Lipinski definition) is 8. The van der Waals surface area contributed by atoms with Crippen LogP contribution < -0.4 is 15.4 Å². The van der Waals surface area contributed by atoms with E-state index in [0.717, 1.165) is 23.5 Å². The first-order valence-electron chi connectivity index (χ1n) is 10.9. The molecule has 13 heteroatoms. The molecular formula is C22H24F3N7O3. The number of halogens is 3. The van der Waals surface area contributed by atoms with Crippen LogP contribution in [0.3, 0.4) is 0 Å². The van der Waals surface area contributed by atoms with Gasteiger partial charge in [-0.3, -0.25) is 9.59 Å². The van der Waals surface area contributed by atoms with Crippen LogP contribution in [0.15, 0.2) is 41.6 Å². The minimum Gasteiger partial charge on any atom is -0.372 e. The number of anilines is 2. The maximum Gasteiger partial charge on any atom is 0.419 e. The molecule has 4 rings (SSSR count). The van der Waals surface area contributed by atoms with Gasteiger partial charge in [-0.15, -0.1) is 0 Å². The Morgan fingerprint density at radius 1 is 1.11 bits per heavy atom. The van der Waals surface area contributed by atoms with Crippen molar-refractivity contribution in [3.05, 3.63) is 52.7 Å². The Hall–Kier alpha value is -3.74. The maximum atomic E-state index is 12.7. The van der Waals surface area contributed by atoms with E-state index in [1.54, 1.807) is 28.1 Å². The van der Waals surface area contributed by atoms with Gasteiger partial charge < -0.3 is 19.4 Å². The van der Waals surface area contributed by atoms with Crippen LogP contribution >= 0.6 is 0 Å². The summed E-state index contributed by atoms with van der Waals surface area (Å²) in [5.74, 6) is 0.0385. The summed E-state index contributed by atoms with van der Waals surface area (Å²) in [5.41, 5.74) is -0.328. The first-order chi connectivity index (χ1) is 16.7. The van der Waals surface area contributed by atoms with Gasteiger partial charge in [0.15, 0.2) is 0 Å². The quantitative estimate of drug-likeness (QED) is 0.496. The minimum absolute atomic E-state index is 0.0820. The molecule has 1 amide bonds. The maximum absolute atomic E-state index is 12.7. The monoisotopic (exact) mass is 491 g/mol. The van der Waals surface area contributed by atoms with E-state index in [1.807, 2.05) is 18.0 Å². The number of aromatic nitrogens is 4. The Kier molecular flexibility index (Phi) is 7.15. The number of nitrogens with zero attached hydrogens (tertiary/aromatic N) is 6. The Bertz CT molecular complexity index is 1230. The fourth-order valence-electron chi connectivity index (χ4n) is 3.79. The third-order valence-electron chi connectivity index (χ3n) is 5.78. The predicted molar refractivity (Wildman–Crippen MR) is 122 cm³/mol. The second-order valence-electron chi connectivity index (χ2n) is 8.05. The lowest BCUT2D eigenvalue weighted by molar-refractivity contribution is -0.138. The first kappa shape index (κ1) is 24.4. The summed E-state index contributed by atoms with van der Waals surface area (Å²) in [6, 6.07) is 5.41. The summed E-state index contributed by atoms with van der Waals surface area (Å²) >= 11 is 0. The van der Waals surface area contributed by atoms with Gasteiger partial charge in [0.25, 0.3) is 5.56 Å². The first-order valence-corrected chi connectivity index (χ1v) is 10.9. The van der Waals surface area contributed by atoms with E-state index in [9.17, 15) is 22.8 Å². The topological polar surface area (TPSA) is 108 Å². The third-order valence-corrected chi connectivity index (χ3v) is 5.78. The second kappa shape index (κ2) is 10.3. The van der Waals surface area contributed by atoms with E-state index >= 15 is 0 Å². The molecule has 1 N–H and O–H groups in total. The fourth-order valence-corrected chi connectivity index (χ4v) is 3.79. The molecule has 0 atom stereocenters. The smallest absolute Gasteiger partial charge is 0.372 e. The van der Waals surface area contributed by atoms with Gasteiger partial charge in [-0.05, 0) is 12.1 Å². The SMILES string of the molecule is CN(CCOCC(=O)N1CCN(c2ncc(C(F)(F)F)cn2)CC1)c1cccc2c(=O)[nH]ncc12. The molecule has 1 saturated heterocycles. The van der Waals surface area contributed by atoms with E-state index in [0.29, 0.717) is 44.7 Å². The molecule has 35 heavy (non-hydrogen) atoms. The summed E-state index contributed by atoms with van der Waals surface area (Å²) in [6.45, 7) is 2.32. The lowest BCUT2D eigenvalue weighted by Crippen LogP contribution is -2.50. The van der Waals surface area contributed by atoms with Crippen LogP contribution in [0.1, 0.15) is 5.56 Å². The van der Waals surface area contributed by atoms with Gasteiger partial charge in [-0.2, -0.15) is 18.3 Å². The van der Waals surface area contributed by atoms with Crippen molar-refractivity contribution < 1.29 is 22.7 Å². The lowest BCUT2D eigenvalue weighted by Gasteiger charge is -2.34. The third kappa shape index (κ3) is 5.67. The van der Waals surface area contributed by atoms with Crippen molar-refractivity contribution in [2.24, 2.45) is 0 Å². The Morgan fingerprint density at radius 2 is 1.83 bits per heavy atom. The second-order valence-corrected chi connectivity index (χ2v) is 8.05. The highest BCUT2D eigenvalue weighted by Crippen LogP contribution is 2.28. The van der Waals surface area contributed by atoms with Crippen molar-refractivity contribution in [1.82, 2.24) is 25.1 Å². The van der Waals surface area contributed by atoms with Gasteiger partial charge in [-0.25, -0.2) is 15.1 Å². The standard InChI is InChI=1S/C22H24F3N7O3/c1-30(18-4-2-3-16-17(18)13-28-29-20(16)34)9-10-35-14-19(33)31-5-7-32(8-6-31)21-26-11-15(12-27-21)22(23,24)25/h2-4,11-13H,5-10,14H2,1H3,(H,29,34). The predicted octanol–water partition coefficient (Wildman–Crippen LogP) is 1.53. The largest absolute Gasteiger partial charge is 0.419 e. The average Bonchev–Trinajstić information content (AvgIpc) is 2.86. The Morgan fingerprint density at radius 3 is 2.51 bits per heavy atom. The van der Waals surface area contributed by atoms with Crippen molar-refractivity contribution in [3.63, 3.8) is 0 Å². The van der Waals surface area contributed by atoms with Gasteiger partial charge in [0, 0.05) is 63.2 Å². The summed E-state index contributed by atoms with van der Waals surface area (Å²) in [6.07, 6.45) is -1.36. The number of carbonyl (C=O) groups excluding carboxylic acids is 1. The Labute approximate surface area is 198 Å². The fraction of sp³-hybridized carbons (Fsp3) is 0.409. The van der Waals surface area contributed by atoms with Crippen LogP contribution in [0.4, 0.5) is 24.8 Å². The molecule has 3 aromatic rings. The summed E-state index contributed by atoms with van der Waals surface area (Å²) in [5, 5.41) is 7.55. The zero-order chi connectivity index (χ0) is 25.0. The molecule has 0 aliphatic carbocycles.